The number of fused-ring (bicyclic) bond motifs is 1. The molecule has 0 bridgehead atoms. The van der Waals surface area contributed by atoms with E-state index in [1.165, 1.54) is 15.6 Å². The van der Waals surface area contributed by atoms with Crippen LogP contribution in [0.3, 0.4) is 0 Å². The molecule has 2 aromatic rings. The standard InChI is InChI=1S/C12H18N4O2S2/c1-13-10-11(16-7-8-19-12(16)14-10)20(17,18)15(2)9-5-3-4-6-9/h7-9,13H,3-6H2,1-2H3. The van der Waals surface area contributed by atoms with Crippen molar-refractivity contribution in [3.8, 4) is 0 Å². The van der Waals surface area contributed by atoms with Crippen LogP contribution in [0.1, 0.15) is 25.7 Å². The third kappa shape index (κ3) is 2.02. The molecular weight excluding hydrogens is 296 g/mol. The maximum atomic E-state index is 12.9. The highest BCUT2D eigenvalue weighted by Gasteiger charge is 2.34. The van der Waals surface area contributed by atoms with Crippen LogP contribution in [0.15, 0.2) is 16.6 Å². The number of nitrogens with one attached hydrogen (secondary N) is 1. The van der Waals surface area contributed by atoms with Crippen molar-refractivity contribution in [3.63, 3.8) is 0 Å². The Balaban J connectivity index is 2.10. The number of aromatic nitrogens is 2. The molecule has 0 aromatic carbocycles. The Labute approximate surface area is 122 Å². The van der Waals surface area contributed by atoms with Gasteiger partial charge in [0.1, 0.15) is 0 Å². The Kier molecular flexibility index (Phi) is 3.47. The van der Waals surface area contributed by atoms with Crippen molar-refractivity contribution in [1.82, 2.24) is 13.7 Å². The lowest BCUT2D eigenvalue weighted by atomic mass is 10.3. The zero-order valence-corrected chi connectivity index (χ0v) is 13.2. The predicted molar refractivity (Wildman–Crippen MR) is 79.8 cm³/mol. The SMILES string of the molecule is CNc1nc2sccn2c1S(=O)(=O)N(C)C1CCCC1. The number of hydrogen-bond donors (Lipinski definition) is 1. The highest BCUT2D eigenvalue weighted by molar-refractivity contribution is 7.89. The highest BCUT2D eigenvalue weighted by Crippen LogP contribution is 2.31. The second-order valence-corrected chi connectivity index (χ2v) is 7.82. The van der Waals surface area contributed by atoms with Crippen molar-refractivity contribution in [3.05, 3.63) is 11.6 Å². The van der Waals surface area contributed by atoms with E-state index in [4.69, 9.17) is 0 Å². The topological polar surface area (TPSA) is 66.7 Å². The van der Waals surface area contributed by atoms with Crippen molar-refractivity contribution in [2.75, 3.05) is 19.4 Å². The van der Waals surface area contributed by atoms with Crippen molar-refractivity contribution >= 4 is 32.1 Å². The van der Waals surface area contributed by atoms with Gasteiger partial charge in [-0.15, -0.1) is 11.3 Å². The molecule has 6 nitrogen and oxygen atoms in total. The maximum Gasteiger partial charge on any atom is 0.262 e. The summed E-state index contributed by atoms with van der Waals surface area (Å²) in [6.07, 6.45) is 5.84. The van der Waals surface area contributed by atoms with E-state index < -0.39 is 10.0 Å². The summed E-state index contributed by atoms with van der Waals surface area (Å²) in [4.78, 5) is 5.02. The Morgan fingerprint density at radius 3 is 2.80 bits per heavy atom. The first-order chi connectivity index (χ1) is 9.55. The van der Waals surface area contributed by atoms with Crippen LogP contribution < -0.4 is 5.32 Å². The van der Waals surface area contributed by atoms with E-state index in [9.17, 15) is 8.42 Å². The van der Waals surface area contributed by atoms with Crippen LogP contribution in [-0.2, 0) is 10.0 Å². The average molecular weight is 314 g/mol. The van der Waals surface area contributed by atoms with Gasteiger partial charge in [0.2, 0.25) is 0 Å². The number of sulfonamides is 1. The van der Waals surface area contributed by atoms with Gasteiger partial charge in [-0.05, 0) is 12.8 Å². The number of hydrogen-bond acceptors (Lipinski definition) is 5. The average Bonchev–Trinajstić information content (AvgIpc) is 3.12. The molecule has 3 rings (SSSR count). The summed E-state index contributed by atoms with van der Waals surface area (Å²) in [5.41, 5.74) is 0. The van der Waals surface area contributed by atoms with Gasteiger partial charge in [-0.3, -0.25) is 4.40 Å². The van der Waals surface area contributed by atoms with Gasteiger partial charge < -0.3 is 5.32 Å². The van der Waals surface area contributed by atoms with Crippen LogP contribution >= 0.6 is 11.3 Å². The lowest BCUT2D eigenvalue weighted by Gasteiger charge is -2.23. The molecule has 0 atom stereocenters. The molecule has 8 heteroatoms. The highest BCUT2D eigenvalue weighted by atomic mass is 32.2. The van der Waals surface area contributed by atoms with Gasteiger partial charge in [0, 0.05) is 31.7 Å². The number of rotatable bonds is 4. The molecule has 1 N–H and O–H groups in total. The zero-order valence-electron chi connectivity index (χ0n) is 11.5. The molecule has 0 radical (unpaired) electrons. The summed E-state index contributed by atoms with van der Waals surface area (Å²) in [7, 11) is -0.168. The Bertz CT molecular complexity index is 713. The molecule has 20 heavy (non-hydrogen) atoms. The molecule has 0 amide bonds. The molecule has 0 unspecified atom stereocenters. The molecule has 0 aliphatic heterocycles. The molecular formula is C12H18N4O2S2. The molecule has 0 spiro atoms. The fourth-order valence-corrected chi connectivity index (χ4v) is 5.21. The fraction of sp³-hybridized carbons (Fsp3) is 0.583. The maximum absolute atomic E-state index is 12.9. The van der Waals surface area contributed by atoms with Gasteiger partial charge in [-0.25, -0.2) is 13.4 Å². The van der Waals surface area contributed by atoms with Gasteiger partial charge >= 0.3 is 0 Å². The van der Waals surface area contributed by atoms with Gasteiger partial charge in [0.25, 0.3) is 10.0 Å². The van der Waals surface area contributed by atoms with Crippen molar-refractivity contribution in [1.29, 1.82) is 0 Å². The van der Waals surface area contributed by atoms with Crippen LogP contribution in [0.4, 0.5) is 5.82 Å². The first kappa shape index (κ1) is 13.8. The summed E-state index contributed by atoms with van der Waals surface area (Å²) >= 11 is 1.43. The molecule has 1 saturated carbocycles. The largest absolute Gasteiger partial charge is 0.371 e. The van der Waals surface area contributed by atoms with Crippen LogP contribution in [0, 0.1) is 0 Å². The van der Waals surface area contributed by atoms with Crippen molar-refractivity contribution in [2.24, 2.45) is 0 Å². The number of anilines is 1. The Morgan fingerprint density at radius 1 is 1.45 bits per heavy atom. The summed E-state index contributed by atoms with van der Waals surface area (Å²) < 4.78 is 29.0. The fourth-order valence-electron chi connectivity index (χ4n) is 2.77. The quantitative estimate of drug-likeness (QED) is 0.937. The van der Waals surface area contributed by atoms with Gasteiger partial charge in [0.15, 0.2) is 15.8 Å². The predicted octanol–water partition coefficient (Wildman–Crippen LogP) is 2.00. The minimum Gasteiger partial charge on any atom is -0.371 e. The van der Waals surface area contributed by atoms with Crippen molar-refractivity contribution in [2.45, 2.75) is 36.8 Å². The first-order valence-corrected chi connectivity index (χ1v) is 8.99. The number of imidazole rings is 1. The summed E-state index contributed by atoms with van der Waals surface area (Å²) in [6, 6.07) is 0.105. The van der Waals surface area contributed by atoms with Gasteiger partial charge in [-0.1, -0.05) is 12.8 Å². The van der Waals surface area contributed by atoms with Crippen LogP contribution in [-0.4, -0.2) is 42.2 Å². The lowest BCUT2D eigenvalue weighted by molar-refractivity contribution is 0.371. The van der Waals surface area contributed by atoms with E-state index in [0.29, 0.717) is 10.8 Å². The molecule has 1 aliphatic carbocycles. The van der Waals surface area contributed by atoms with Gasteiger partial charge in [0.05, 0.1) is 0 Å². The minimum absolute atomic E-state index is 0.105. The Hall–Kier alpha value is -1.12. The summed E-state index contributed by atoms with van der Waals surface area (Å²) in [6.45, 7) is 0. The third-order valence-corrected chi connectivity index (χ3v) is 6.61. The van der Waals surface area contributed by atoms with E-state index in [1.807, 2.05) is 5.38 Å². The molecule has 1 fully saturated rings. The molecule has 1 aliphatic rings. The molecule has 2 aromatic heterocycles. The zero-order chi connectivity index (χ0) is 14.3. The van der Waals surface area contributed by atoms with E-state index in [2.05, 4.69) is 10.3 Å². The summed E-state index contributed by atoms with van der Waals surface area (Å²) in [5, 5.41) is 4.98. The van der Waals surface area contributed by atoms with Crippen LogP contribution in [0.2, 0.25) is 0 Å². The normalized spacial score (nSPS) is 17.4. The minimum atomic E-state index is -3.54. The second kappa shape index (κ2) is 5.01. The van der Waals surface area contributed by atoms with Gasteiger partial charge in [-0.2, -0.15) is 4.31 Å². The van der Waals surface area contributed by atoms with E-state index in [0.717, 1.165) is 25.7 Å². The summed E-state index contributed by atoms with van der Waals surface area (Å²) in [5.74, 6) is 0.418. The monoisotopic (exact) mass is 314 g/mol. The van der Waals surface area contributed by atoms with Crippen LogP contribution in [0.5, 0.6) is 0 Å². The first-order valence-electron chi connectivity index (χ1n) is 6.67. The van der Waals surface area contributed by atoms with Crippen molar-refractivity contribution < 1.29 is 8.42 Å². The number of nitrogens with zero attached hydrogens (tertiary/aromatic N) is 3. The lowest BCUT2D eigenvalue weighted by Crippen LogP contribution is -2.36. The third-order valence-electron chi connectivity index (χ3n) is 3.92. The van der Waals surface area contributed by atoms with E-state index in [1.54, 1.807) is 24.7 Å². The van der Waals surface area contributed by atoms with E-state index in [-0.39, 0.29) is 11.1 Å². The van der Waals surface area contributed by atoms with Crippen LogP contribution in [0.25, 0.3) is 4.96 Å². The Morgan fingerprint density at radius 2 is 2.15 bits per heavy atom. The second-order valence-electron chi connectivity index (χ2n) is 5.03. The number of thiazole rings is 1. The molecule has 2 heterocycles. The molecule has 0 saturated heterocycles. The smallest absolute Gasteiger partial charge is 0.262 e. The van der Waals surface area contributed by atoms with E-state index >= 15 is 0 Å². The molecule has 110 valence electrons.